The largest absolute Gasteiger partial charge is 0.334 e. The number of nitrogen functional groups attached to an aromatic ring is 1. The van der Waals surface area contributed by atoms with E-state index in [1.54, 1.807) is 18.3 Å². The van der Waals surface area contributed by atoms with Crippen LogP contribution in [0.2, 0.25) is 0 Å². The second-order valence-electron chi connectivity index (χ2n) is 5.06. The first-order valence-corrected chi connectivity index (χ1v) is 6.35. The zero-order valence-corrected chi connectivity index (χ0v) is 10.9. The summed E-state index contributed by atoms with van der Waals surface area (Å²) in [5.74, 6) is 5.89. The topological polar surface area (TPSA) is 71.2 Å². The summed E-state index contributed by atoms with van der Waals surface area (Å²) in [6, 6.07) is 3.71. The number of hydrazine groups is 1. The van der Waals surface area contributed by atoms with Gasteiger partial charge in [-0.3, -0.25) is 15.6 Å². The van der Waals surface area contributed by atoms with Crippen molar-refractivity contribution in [2.75, 3.05) is 12.0 Å². The molecule has 0 radical (unpaired) electrons. The maximum Gasteiger partial charge on any atom is 0.272 e. The van der Waals surface area contributed by atoms with E-state index in [-0.39, 0.29) is 11.9 Å². The highest BCUT2D eigenvalue weighted by molar-refractivity contribution is 5.93. The van der Waals surface area contributed by atoms with Crippen molar-refractivity contribution in [2.45, 2.75) is 32.7 Å². The lowest BCUT2D eigenvalue weighted by molar-refractivity contribution is 0.0568. The predicted octanol–water partition coefficient (Wildman–Crippen LogP) is 1.63. The molecule has 5 nitrogen and oxygen atoms in total. The number of hydrogen-bond donors (Lipinski definition) is 2. The fourth-order valence-corrected chi connectivity index (χ4v) is 2.36. The Labute approximate surface area is 107 Å². The van der Waals surface area contributed by atoms with E-state index in [0.717, 1.165) is 13.0 Å². The van der Waals surface area contributed by atoms with Gasteiger partial charge in [0.05, 0.1) is 5.69 Å². The number of carbonyl (C=O) groups is 1. The molecule has 3 N–H and O–H groups in total. The van der Waals surface area contributed by atoms with E-state index in [1.165, 1.54) is 6.42 Å². The van der Waals surface area contributed by atoms with Crippen LogP contribution in [0.25, 0.3) is 0 Å². The van der Waals surface area contributed by atoms with E-state index in [4.69, 9.17) is 5.84 Å². The van der Waals surface area contributed by atoms with Gasteiger partial charge in [0.2, 0.25) is 0 Å². The summed E-state index contributed by atoms with van der Waals surface area (Å²) in [6.07, 6.45) is 3.84. The van der Waals surface area contributed by atoms with Crippen molar-refractivity contribution in [3.63, 3.8) is 0 Å². The summed E-state index contributed by atoms with van der Waals surface area (Å²) in [7, 11) is 0. The van der Waals surface area contributed by atoms with E-state index >= 15 is 0 Å². The number of hydrogen-bond acceptors (Lipinski definition) is 4. The molecule has 2 heterocycles. The van der Waals surface area contributed by atoms with Gasteiger partial charge < -0.3 is 10.3 Å². The van der Waals surface area contributed by atoms with Gasteiger partial charge >= 0.3 is 0 Å². The Morgan fingerprint density at radius 1 is 1.50 bits per heavy atom. The molecule has 0 aliphatic carbocycles. The maximum absolute atomic E-state index is 12.4. The highest BCUT2D eigenvalue weighted by atomic mass is 16.2. The van der Waals surface area contributed by atoms with Crippen LogP contribution in [0.4, 0.5) is 5.69 Å². The van der Waals surface area contributed by atoms with E-state index in [9.17, 15) is 4.79 Å². The first-order chi connectivity index (χ1) is 8.61. The van der Waals surface area contributed by atoms with Crippen molar-refractivity contribution < 1.29 is 4.79 Å². The van der Waals surface area contributed by atoms with Gasteiger partial charge in [-0.1, -0.05) is 6.92 Å². The molecule has 0 spiro atoms. The molecule has 98 valence electrons. The van der Waals surface area contributed by atoms with Crippen LogP contribution >= 0.6 is 0 Å². The Morgan fingerprint density at radius 2 is 2.28 bits per heavy atom. The minimum absolute atomic E-state index is 0.00819. The minimum Gasteiger partial charge on any atom is -0.334 e. The number of nitrogens with two attached hydrogens (primary N) is 1. The van der Waals surface area contributed by atoms with Gasteiger partial charge in [-0.25, -0.2) is 0 Å². The first kappa shape index (κ1) is 12.8. The molecule has 1 amide bonds. The third-order valence-corrected chi connectivity index (χ3v) is 3.52. The molecule has 1 aromatic rings. The number of likely N-dealkylation sites (tertiary alicyclic amines) is 1. The normalized spacial score (nSPS) is 23.8. The van der Waals surface area contributed by atoms with Crippen LogP contribution in [-0.2, 0) is 0 Å². The van der Waals surface area contributed by atoms with E-state index in [1.807, 2.05) is 4.90 Å². The van der Waals surface area contributed by atoms with Crippen LogP contribution in [0.1, 0.15) is 37.2 Å². The highest BCUT2D eigenvalue weighted by Crippen LogP contribution is 2.23. The Morgan fingerprint density at radius 3 is 3.00 bits per heavy atom. The molecular weight excluding hydrogens is 228 g/mol. The number of rotatable bonds is 2. The molecule has 2 unspecified atom stereocenters. The Kier molecular flexibility index (Phi) is 3.81. The van der Waals surface area contributed by atoms with Crippen LogP contribution in [0.3, 0.4) is 0 Å². The lowest BCUT2D eigenvalue weighted by Crippen LogP contribution is -2.45. The summed E-state index contributed by atoms with van der Waals surface area (Å²) >= 11 is 0. The summed E-state index contributed by atoms with van der Waals surface area (Å²) in [6.45, 7) is 5.08. The molecule has 1 aliphatic heterocycles. The quantitative estimate of drug-likeness (QED) is 0.616. The third kappa shape index (κ3) is 2.61. The highest BCUT2D eigenvalue weighted by Gasteiger charge is 2.28. The van der Waals surface area contributed by atoms with E-state index < -0.39 is 0 Å². The molecule has 0 aromatic carbocycles. The first-order valence-electron chi connectivity index (χ1n) is 6.35. The van der Waals surface area contributed by atoms with Crippen LogP contribution < -0.4 is 11.3 Å². The molecule has 18 heavy (non-hydrogen) atoms. The number of aromatic nitrogens is 1. The summed E-state index contributed by atoms with van der Waals surface area (Å²) < 4.78 is 0. The summed E-state index contributed by atoms with van der Waals surface area (Å²) in [5, 5.41) is 0. The van der Waals surface area contributed by atoms with Gasteiger partial charge in [-0.15, -0.1) is 0 Å². The van der Waals surface area contributed by atoms with E-state index in [0.29, 0.717) is 17.3 Å². The van der Waals surface area contributed by atoms with Crippen molar-refractivity contribution in [3.8, 4) is 0 Å². The fraction of sp³-hybridized carbons (Fsp3) is 0.538. The van der Waals surface area contributed by atoms with Gasteiger partial charge in [0, 0.05) is 18.8 Å². The number of nitrogens with zero attached hydrogens (tertiary/aromatic N) is 2. The maximum atomic E-state index is 12.4. The molecule has 0 saturated carbocycles. The second kappa shape index (κ2) is 5.35. The number of carbonyl (C=O) groups excluding carboxylic acids is 1. The number of anilines is 1. The lowest BCUT2D eigenvalue weighted by Gasteiger charge is -2.36. The van der Waals surface area contributed by atoms with Crippen molar-refractivity contribution in [1.29, 1.82) is 0 Å². The molecule has 2 atom stereocenters. The fourth-order valence-electron chi connectivity index (χ4n) is 2.36. The van der Waals surface area contributed by atoms with Crippen molar-refractivity contribution >= 4 is 11.6 Å². The molecule has 2 rings (SSSR count). The Bertz CT molecular complexity index is 435. The molecule has 0 bridgehead atoms. The van der Waals surface area contributed by atoms with Crippen LogP contribution in [-0.4, -0.2) is 28.4 Å². The van der Waals surface area contributed by atoms with Crippen molar-refractivity contribution in [1.82, 2.24) is 9.88 Å². The standard InChI is InChI=1S/C13H20N4O/c1-9-3-4-10(2)17(8-9)13(18)12-7-11(16-14)5-6-15-12/h5-7,9-10H,3-4,8,14H2,1-2H3,(H,15,16). The van der Waals surface area contributed by atoms with Crippen LogP contribution in [0.15, 0.2) is 18.3 Å². The second-order valence-corrected chi connectivity index (χ2v) is 5.06. The van der Waals surface area contributed by atoms with Gasteiger partial charge in [0.1, 0.15) is 5.69 Å². The van der Waals surface area contributed by atoms with Gasteiger partial charge in [0.25, 0.3) is 5.91 Å². The Hall–Kier alpha value is -1.62. The molecule has 1 fully saturated rings. The minimum atomic E-state index is -0.00819. The average Bonchev–Trinajstić information content (AvgIpc) is 2.41. The number of pyridine rings is 1. The van der Waals surface area contributed by atoms with Crippen LogP contribution in [0.5, 0.6) is 0 Å². The smallest absolute Gasteiger partial charge is 0.272 e. The zero-order chi connectivity index (χ0) is 13.1. The van der Waals surface area contributed by atoms with Gasteiger partial charge in [0.15, 0.2) is 0 Å². The number of piperidine rings is 1. The molecule has 1 saturated heterocycles. The molecule has 1 aliphatic rings. The lowest BCUT2D eigenvalue weighted by atomic mass is 9.95. The van der Waals surface area contributed by atoms with Crippen molar-refractivity contribution in [3.05, 3.63) is 24.0 Å². The van der Waals surface area contributed by atoms with Crippen LogP contribution in [0, 0.1) is 5.92 Å². The summed E-state index contributed by atoms with van der Waals surface area (Å²) in [5.41, 5.74) is 3.68. The molecular formula is C13H20N4O. The average molecular weight is 248 g/mol. The molecule has 5 heteroatoms. The number of amides is 1. The number of nitrogens with one attached hydrogen (secondary N) is 1. The summed E-state index contributed by atoms with van der Waals surface area (Å²) in [4.78, 5) is 18.5. The predicted molar refractivity (Wildman–Crippen MR) is 70.9 cm³/mol. The Balaban J connectivity index is 2.18. The van der Waals surface area contributed by atoms with Gasteiger partial charge in [-0.2, -0.15) is 0 Å². The zero-order valence-electron chi connectivity index (χ0n) is 10.9. The van der Waals surface area contributed by atoms with E-state index in [2.05, 4.69) is 24.3 Å². The SMILES string of the molecule is CC1CCC(C)N(C(=O)c2cc(NN)ccn2)C1. The third-order valence-electron chi connectivity index (χ3n) is 3.52. The van der Waals surface area contributed by atoms with Gasteiger partial charge in [-0.05, 0) is 37.8 Å². The molecule has 1 aromatic heterocycles. The van der Waals surface area contributed by atoms with Crippen molar-refractivity contribution in [2.24, 2.45) is 11.8 Å². The monoisotopic (exact) mass is 248 g/mol.